The molecule has 0 aliphatic carbocycles. The Morgan fingerprint density at radius 1 is 0.947 bits per heavy atom. The van der Waals surface area contributed by atoms with E-state index >= 15 is 0 Å². The van der Waals surface area contributed by atoms with Crippen LogP contribution in [0.5, 0.6) is 0 Å². The largest absolute Gasteiger partial charge is 0.469 e. The Kier molecular flexibility index (Phi) is 13.1. The van der Waals surface area contributed by atoms with Gasteiger partial charge in [0.2, 0.25) is 0 Å². The van der Waals surface area contributed by atoms with Gasteiger partial charge in [-0.15, -0.1) is 23.2 Å². The van der Waals surface area contributed by atoms with Gasteiger partial charge in [-0.3, -0.25) is 4.79 Å². The SMILES string of the molecule is CCCCCCCCC[C@@H](Cl)[C@@H](Cl)CCC(=O)OC. The van der Waals surface area contributed by atoms with Crippen LogP contribution in [0.1, 0.15) is 71.1 Å². The molecule has 19 heavy (non-hydrogen) atoms. The predicted molar refractivity (Wildman–Crippen MR) is 83.1 cm³/mol. The zero-order valence-corrected chi connectivity index (χ0v) is 13.8. The van der Waals surface area contributed by atoms with Crippen LogP contribution in [0.25, 0.3) is 0 Å². The second-order valence-electron chi connectivity index (χ2n) is 5.06. The lowest BCUT2D eigenvalue weighted by atomic mass is 10.0. The van der Waals surface area contributed by atoms with Crippen molar-refractivity contribution in [2.75, 3.05) is 7.11 Å². The highest BCUT2D eigenvalue weighted by atomic mass is 35.5. The van der Waals surface area contributed by atoms with Gasteiger partial charge in [-0.05, 0) is 12.8 Å². The van der Waals surface area contributed by atoms with Crippen molar-refractivity contribution in [3.05, 3.63) is 0 Å². The monoisotopic (exact) mass is 310 g/mol. The van der Waals surface area contributed by atoms with Gasteiger partial charge in [0.15, 0.2) is 0 Å². The van der Waals surface area contributed by atoms with Gasteiger partial charge in [-0.1, -0.05) is 51.9 Å². The van der Waals surface area contributed by atoms with E-state index < -0.39 is 0 Å². The van der Waals surface area contributed by atoms with E-state index in [1.807, 2.05) is 0 Å². The maximum atomic E-state index is 11.0. The van der Waals surface area contributed by atoms with E-state index in [-0.39, 0.29) is 16.7 Å². The Bertz CT molecular complexity index is 222. The molecule has 4 heteroatoms. The Hall–Kier alpha value is 0.0500. The van der Waals surface area contributed by atoms with E-state index in [0.29, 0.717) is 12.8 Å². The van der Waals surface area contributed by atoms with Crippen molar-refractivity contribution < 1.29 is 9.53 Å². The Labute approximate surface area is 128 Å². The molecule has 0 radical (unpaired) electrons. The molecule has 0 saturated carbocycles. The maximum Gasteiger partial charge on any atom is 0.305 e. The molecule has 0 saturated heterocycles. The van der Waals surface area contributed by atoms with Gasteiger partial charge >= 0.3 is 5.97 Å². The number of carbonyl (C=O) groups is 1. The number of hydrogen-bond donors (Lipinski definition) is 0. The topological polar surface area (TPSA) is 26.3 Å². The zero-order valence-electron chi connectivity index (χ0n) is 12.3. The molecule has 0 aliphatic rings. The number of alkyl halides is 2. The van der Waals surface area contributed by atoms with Crippen molar-refractivity contribution >= 4 is 29.2 Å². The van der Waals surface area contributed by atoms with Crippen LogP contribution in [0.3, 0.4) is 0 Å². The third kappa shape index (κ3) is 11.6. The average molecular weight is 311 g/mol. The summed E-state index contributed by atoms with van der Waals surface area (Å²) in [6.07, 6.45) is 10.8. The Morgan fingerprint density at radius 3 is 2.05 bits per heavy atom. The van der Waals surface area contributed by atoms with Gasteiger partial charge in [0.1, 0.15) is 0 Å². The summed E-state index contributed by atoms with van der Waals surface area (Å²) in [6, 6.07) is 0. The highest BCUT2D eigenvalue weighted by molar-refractivity contribution is 6.30. The molecule has 2 nitrogen and oxygen atoms in total. The van der Waals surface area contributed by atoms with Gasteiger partial charge in [-0.2, -0.15) is 0 Å². The fraction of sp³-hybridized carbons (Fsp3) is 0.933. The first-order valence-electron chi connectivity index (χ1n) is 7.46. The first-order chi connectivity index (χ1) is 9.11. The molecule has 0 rings (SSSR count). The molecule has 0 aromatic heterocycles. The molecule has 114 valence electrons. The van der Waals surface area contributed by atoms with Crippen molar-refractivity contribution in [2.24, 2.45) is 0 Å². The van der Waals surface area contributed by atoms with Gasteiger partial charge in [-0.25, -0.2) is 0 Å². The highest BCUT2D eigenvalue weighted by Gasteiger charge is 2.17. The van der Waals surface area contributed by atoms with Crippen molar-refractivity contribution in [1.82, 2.24) is 0 Å². The number of hydrogen-bond acceptors (Lipinski definition) is 2. The average Bonchev–Trinajstić information content (AvgIpc) is 2.42. The molecular weight excluding hydrogens is 283 g/mol. The van der Waals surface area contributed by atoms with Crippen LogP contribution in [0.15, 0.2) is 0 Å². The summed E-state index contributed by atoms with van der Waals surface area (Å²) >= 11 is 12.4. The summed E-state index contributed by atoms with van der Waals surface area (Å²) in [7, 11) is 1.39. The molecule has 0 unspecified atom stereocenters. The van der Waals surface area contributed by atoms with Gasteiger partial charge < -0.3 is 4.74 Å². The predicted octanol–water partition coefficient (Wildman–Crippen LogP) is 5.30. The Balaban J connectivity index is 3.46. The number of unbranched alkanes of at least 4 members (excludes halogenated alkanes) is 6. The van der Waals surface area contributed by atoms with E-state index in [1.54, 1.807) is 0 Å². The minimum absolute atomic E-state index is 0.0398. The normalized spacial score (nSPS) is 14.1. The van der Waals surface area contributed by atoms with E-state index in [2.05, 4.69) is 11.7 Å². The number of ether oxygens (including phenoxy) is 1. The van der Waals surface area contributed by atoms with Crippen LogP contribution < -0.4 is 0 Å². The molecule has 0 amide bonds. The van der Waals surface area contributed by atoms with E-state index in [1.165, 1.54) is 45.6 Å². The van der Waals surface area contributed by atoms with Crippen LogP contribution >= 0.6 is 23.2 Å². The van der Waals surface area contributed by atoms with Gasteiger partial charge in [0.05, 0.1) is 12.5 Å². The van der Waals surface area contributed by atoms with Crippen LogP contribution in [-0.4, -0.2) is 23.8 Å². The smallest absolute Gasteiger partial charge is 0.305 e. The molecule has 0 aliphatic heterocycles. The lowest BCUT2D eigenvalue weighted by Gasteiger charge is -2.15. The van der Waals surface area contributed by atoms with E-state index in [0.717, 1.165) is 12.8 Å². The number of methoxy groups -OCH3 is 1. The lowest BCUT2D eigenvalue weighted by Crippen LogP contribution is -2.17. The molecule has 2 atom stereocenters. The summed E-state index contributed by atoms with van der Waals surface area (Å²) < 4.78 is 4.58. The second-order valence-corrected chi connectivity index (χ2v) is 6.18. The summed E-state index contributed by atoms with van der Waals surface area (Å²) in [5.41, 5.74) is 0. The Morgan fingerprint density at radius 2 is 1.47 bits per heavy atom. The van der Waals surface area contributed by atoms with E-state index in [9.17, 15) is 4.79 Å². The van der Waals surface area contributed by atoms with Crippen LogP contribution in [-0.2, 0) is 9.53 Å². The van der Waals surface area contributed by atoms with Crippen LogP contribution in [0.4, 0.5) is 0 Å². The number of rotatable bonds is 12. The van der Waals surface area contributed by atoms with Crippen molar-refractivity contribution in [3.63, 3.8) is 0 Å². The molecular formula is C15H28Cl2O2. The van der Waals surface area contributed by atoms with Crippen molar-refractivity contribution in [2.45, 2.75) is 81.9 Å². The summed E-state index contributed by atoms with van der Waals surface area (Å²) in [6.45, 7) is 2.23. The van der Waals surface area contributed by atoms with Gasteiger partial charge in [0, 0.05) is 11.8 Å². The summed E-state index contributed by atoms with van der Waals surface area (Å²) in [4.78, 5) is 11.0. The number of halogens is 2. The maximum absolute atomic E-state index is 11.0. The van der Waals surface area contributed by atoms with Crippen molar-refractivity contribution in [3.8, 4) is 0 Å². The second kappa shape index (κ2) is 13.1. The zero-order chi connectivity index (χ0) is 14.5. The van der Waals surface area contributed by atoms with Crippen LogP contribution in [0.2, 0.25) is 0 Å². The number of carbonyl (C=O) groups excluding carboxylic acids is 1. The standard InChI is InChI=1S/C15H28Cl2O2/c1-3-4-5-6-7-8-9-10-13(16)14(17)11-12-15(18)19-2/h13-14H,3-12H2,1-2H3/t13-,14+/m1/s1. The fourth-order valence-corrected chi connectivity index (χ4v) is 2.53. The molecule has 0 bridgehead atoms. The quantitative estimate of drug-likeness (QED) is 0.278. The molecule has 0 aromatic carbocycles. The first kappa shape index (κ1) is 19.1. The molecule has 0 spiro atoms. The first-order valence-corrected chi connectivity index (χ1v) is 8.34. The third-order valence-electron chi connectivity index (χ3n) is 3.33. The molecule has 0 N–H and O–H groups in total. The van der Waals surface area contributed by atoms with Crippen LogP contribution in [0, 0.1) is 0 Å². The fourth-order valence-electron chi connectivity index (χ4n) is 2.02. The summed E-state index contributed by atoms with van der Waals surface area (Å²) in [5.74, 6) is -0.217. The number of esters is 1. The minimum atomic E-state index is -0.217. The van der Waals surface area contributed by atoms with Crippen molar-refractivity contribution in [1.29, 1.82) is 0 Å². The third-order valence-corrected chi connectivity index (χ3v) is 4.50. The highest BCUT2D eigenvalue weighted by Crippen LogP contribution is 2.21. The minimum Gasteiger partial charge on any atom is -0.469 e. The van der Waals surface area contributed by atoms with Gasteiger partial charge in [0.25, 0.3) is 0 Å². The molecule has 0 aromatic rings. The lowest BCUT2D eigenvalue weighted by molar-refractivity contribution is -0.140. The molecule has 0 fully saturated rings. The summed E-state index contributed by atoms with van der Waals surface area (Å²) in [5, 5.41) is -0.178. The molecule has 0 heterocycles. The van der Waals surface area contributed by atoms with E-state index in [4.69, 9.17) is 23.2 Å².